The third-order valence-corrected chi connectivity index (χ3v) is 3.04. The van der Waals surface area contributed by atoms with E-state index in [1.807, 2.05) is 12.1 Å². The smallest absolute Gasteiger partial charge is 0.142 e. The molecule has 0 heterocycles. The highest BCUT2D eigenvalue weighted by Crippen LogP contribution is 2.26. The van der Waals surface area contributed by atoms with E-state index < -0.39 is 0 Å². The predicted octanol–water partition coefficient (Wildman–Crippen LogP) is 4.57. The predicted molar refractivity (Wildman–Crippen MR) is 79.3 cm³/mol. The third-order valence-electron chi connectivity index (χ3n) is 3.04. The second-order valence-corrected chi connectivity index (χ2v) is 5.60. The highest BCUT2D eigenvalue weighted by molar-refractivity contribution is 5.56. The lowest BCUT2D eigenvalue weighted by Gasteiger charge is -2.23. The average molecular weight is 249 g/mol. The van der Waals surface area contributed by atoms with Crippen LogP contribution in [0.25, 0.3) is 0 Å². The van der Waals surface area contributed by atoms with Crippen LogP contribution in [0.15, 0.2) is 24.3 Å². The van der Waals surface area contributed by atoms with Crippen molar-refractivity contribution in [3.8, 4) is 5.75 Å². The van der Waals surface area contributed by atoms with Crippen LogP contribution < -0.4 is 10.1 Å². The number of hydrogen-bond donors (Lipinski definition) is 1. The molecule has 1 N–H and O–H groups in total. The minimum atomic E-state index is 0.494. The van der Waals surface area contributed by atoms with Crippen LogP contribution in [0.3, 0.4) is 0 Å². The summed E-state index contributed by atoms with van der Waals surface area (Å²) < 4.78 is 5.86. The molecule has 0 radical (unpaired) electrons. The van der Waals surface area contributed by atoms with Gasteiger partial charge in [-0.25, -0.2) is 0 Å². The number of rotatable bonds is 7. The molecular formula is C16H27NO. The summed E-state index contributed by atoms with van der Waals surface area (Å²) in [5.74, 6) is 2.13. The normalized spacial score (nSPS) is 12.8. The molecule has 1 atom stereocenters. The minimum Gasteiger partial charge on any atom is -0.491 e. The first kappa shape index (κ1) is 14.9. The number of ether oxygens (including phenoxy) is 1. The lowest BCUT2D eigenvalue weighted by Crippen LogP contribution is -2.25. The van der Waals surface area contributed by atoms with Gasteiger partial charge in [0.05, 0.1) is 12.3 Å². The summed E-state index contributed by atoms with van der Waals surface area (Å²) in [4.78, 5) is 0. The van der Waals surface area contributed by atoms with E-state index in [-0.39, 0.29) is 0 Å². The zero-order valence-corrected chi connectivity index (χ0v) is 12.4. The molecule has 1 unspecified atom stereocenters. The molecular weight excluding hydrogens is 222 g/mol. The van der Waals surface area contributed by atoms with Crippen LogP contribution in [0.2, 0.25) is 0 Å². The maximum Gasteiger partial charge on any atom is 0.142 e. The fourth-order valence-electron chi connectivity index (χ4n) is 1.91. The van der Waals surface area contributed by atoms with Gasteiger partial charge in [0.25, 0.3) is 0 Å². The standard InChI is InChI=1S/C16H27NO/c1-6-14(13(4)5)17-15-9-7-8-10-16(15)18-11-12(2)3/h7-10,12-14,17H,6,11H2,1-5H3. The van der Waals surface area contributed by atoms with Crippen LogP contribution >= 0.6 is 0 Å². The van der Waals surface area contributed by atoms with Crippen LogP contribution in [0.1, 0.15) is 41.0 Å². The number of benzene rings is 1. The van der Waals surface area contributed by atoms with Crippen LogP contribution in [-0.2, 0) is 0 Å². The Bertz CT molecular complexity index is 347. The largest absolute Gasteiger partial charge is 0.491 e. The van der Waals surface area contributed by atoms with Gasteiger partial charge in [-0.3, -0.25) is 0 Å². The Morgan fingerprint density at radius 1 is 1.11 bits per heavy atom. The number of nitrogens with one attached hydrogen (secondary N) is 1. The molecule has 2 nitrogen and oxygen atoms in total. The van der Waals surface area contributed by atoms with Gasteiger partial charge in [-0.05, 0) is 30.4 Å². The van der Waals surface area contributed by atoms with Gasteiger partial charge in [0.15, 0.2) is 0 Å². The van der Waals surface area contributed by atoms with Gasteiger partial charge in [0, 0.05) is 6.04 Å². The number of anilines is 1. The molecule has 1 rings (SSSR count). The van der Waals surface area contributed by atoms with E-state index >= 15 is 0 Å². The topological polar surface area (TPSA) is 21.3 Å². The van der Waals surface area contributed by atoms with Crippen molar-refractivity contribution >= 4 is 5.69 Å². The first-order chi connectivity index (χ1) is 8.54. The van der Waals surface area contributed by atoms with Crippen molar-refractivity contribution in [3.05, 3.63) is 24.3 Å². The summed E-state index contributed by atoms with van der Waals surface area (Å²) >= 11 is 0. The fraction of sp³-hybridized carbons (Fsp3) is 0.625. The maximum atomic E-state index is 5.86. The molecule has 1 aromatic carbocycles. The highest BCUT2D eigenvalue weighted by Gasteiger charge is 2.13. The van der Waals surface area contributed by atoms with E-state index in [0.717, 1.165) is 24.5 Å². The van der Waals surface area contributed by atoms with E-state index in [2.05, 4.69) is 52.1 Å². The van der Waals surface area contributed by atoms with E-state index in [1.165, 1.54) is 0 Å². The molecule has 18 heavy (non-hydrogen) atoms. The maximum absolute atomic E-state index is 5.86. The van der Waals surface area contributed by atoms with Gasteiger partial charge < -0.3 is 10.1 Å². The first-order valence-corrected chi connectivity index (χ1v) is 7.03. The Hall–Kier alpha value is -1.18. The van der Waals surface area contributed by atoms with Crippen LogP contribution in [-0.4, -0.2) is 12.6 Å². The Kier molecular flexibility index (Phi) is 6.03. The molecule has 0 spiro atoms. The molecule has 102 valence electrons. The van der Waals surface area contributed by atoms with Crippen molar-refractivity contribution in [1.82, 2.24) is 0 Å². The molecule has 2 heteroatoms. The molecule has 0 saturated carbocycles. The van der Waals surface area contributed by atoms with Crippen LogP contribution in [0.5, 0.6) is 5.75 Å². The fourth-order valence-corrected chi connectivity index (χ4v) is 1.91. The molecule has 0 aliphatic heterocycles. The molecule has 0 saturated heterocycles. The molecule has 0 bridgehead atoms. The van der Waals surface area contributed by atoms with Gasteiger partial charge in [-0.15, -0.1) is 0 Å². The zero-order chi connectivity index (χ0) is 13.5. The van der Waals surface area contributed by atoms with Gasteiger partial charge in [0.1, 0.15) is 5.75 Å². The van der Waals surface area contributed by atoms with E-state index in [9.17, 15) is 0 Å². The van der Waals surface area contributed by atoms with Crippen LogP contribution in [0, 0.1) is 11.8 Å². The lowest BCUT2D eigenvalue weighted by atomic mass is 10.0. The highest BCUT2D eigenvalue weighted by atomic mass is 16.5. The molecule has 0 aliphatic rings. The average Bonchev–Trinajstić information content (AvgIpc) is 2.34. The van der Waals surface area contributed by atoms with E-state index in [1.54, 1.807) is 0 Å². The van der Waals surface area contributed by atoms with Crippen LogP contribution in [0.4, 0.5) is 5.69 Å². The molecule has 0 aromatic heterocycles. The molecule has 0 amide bonds. The summed E-state index contributed by atoms with van der Waals surface area (Å²) in [5.41, 5.74) is 1.11. The SMILES string of the molecule is CCC(Nc1ccccc1OCC(C)C)C(C)C. The summed E-state index contributed by atoms with van der Waals surface area (Å²) in [5, 5.41) is 3.60. The Morgan fingerprint density at radius 2 is 1.78 bits per heavy atom. The van der Waals surface area contributed by atoms with Gasteiger partial charge >= 0.3 is 0 Å². The lowest BCUT2D eigenvalue weighted by molar-refractivity contribution is 0.272. The van der Waals surface area contributed by atoms with Crippen molar-refractivity contribution in [2.75, 3.05) is 11.9 Å². The summed E-state index contributed by atoms with van der Waals surface area (Å²) in [6.45, 7) is 11.8. The van der Waals surface area contributed by atoms with Crippen molar-refractivity contribution in [3.63, 3.8) is 0 Å². The van der Waals surface area contributed by atoms with Crippen molar-refractivity contribution in [1.29, 1.82) is 0 Å². The molecule has 0 aliphatic carbocycles. The van der Waals surface area contributed by atoms with Crippen molar-refractivity contribution in [2.45, 2.75) is 47.1 Å². The van der Waals surface area contributed by atoms with Crippen molar-refractivity contribution < 1.29 is 4.74 Å². The van der Waals surface area contributed by atoms with E-state index in [4.69, 9.17) is 4.74 Å². The summed E-state index contributed by atoms with van der Waals surface area (Å²) in [6.07, 6.45) is 1.12. The second kappa shape index (κ2) is 7.30. The second-order valence-electron chi connectivity index (χ2n) is 5.60. The van der Waals surface area contributed by atoms with Gasteiger partial charge in [-0.1, -0.05) is 46.8 Å². The summed E-state index contributed by atoms with van der Waals surface area (Å²) in [7, 11) is 0. The Balaban J connectivity index is 2.74. The number of hydrogen-bond acceptors (Lipinski definition) is 2. The number of para-hydroxylation sites is 2. The molecule has 1 aromatic rings. The van der Waals surface area contributed by atoms with Gasteiger partial charge in [0.2, 0.25) is 0 Å². The third kappa shape index (κ3) is 4.59. The van der Waals surface area contributed by atoms with E-state index in [0.29, 0.717) is 17.9 Å². The molecule has 0 fully saturated rings. The minimum absolute atomic E-state index is 0.494. The van der Waals surface area contributed by atoms with Crippen molar-refractivity contribution in [2.24, 2.45) is 11.8 Å². The quantitative estimate of drug-likeness (QED) is 0.764. The first-order valence-electron chi connectivity index (χ1n) is 7.03. The van der Waals surface area contributed by atoms with Gasteiger partial charge in [-0.2, -0.15) is 0 Å². The summed E-state index contributed by atoms with van der Waals surface area (Å²) in [6, 6.07) is 8.71. The Labute approximate surface area is 112 Å². The monoisotopic (exact) mass is 249 g/mol. The zero-order valence-electron chi connectivity index (χ0n) is 12.4. The Morgan fingerprint density at radius 3 is 2.33 bits per heavy atom.